The highest BCUT2D eigenvalue weighted by Crippen LogP contribution is 2.21. The van der Waals surface area contributed by atoms with E-state index in [9.17, 15) is 4.79 Å². The second-order valence-electron chi connectivity index (χ2n) is 5.68. The smallest absolute Gasteiger partial charge is 0.374 e. The van der Waals surface area contributed by atoms with E-state index < -0.39 is 5.97 Å². The molecule has 0 amide bonds. The number of rotatable bonds is 7. The van der Waals surface area contributed by atoms with Gasteiger partial charge in [0.2, 0.25) is 5.76 Å². The molecule has 0 aliphatic heterocycles. The molecule has 0 atom stereocenters. The number of carbonyl (C=O) groups excluding carboxylic acids is 1. The number of para-hydroxylation sites is 1. The second-order valence-corrected chi connectivity index (χ2v) is 6.54. The van der Waals surface area contributed by atoms with Crippen LogP contribution in [0.1, 0.15) is 22.0 Å². The van der Waals surface area contributed by atoms with Crippen molar-refractivity contribution in [3.05, 3.63) is 83.5 Å². The number of nitrogens with one attached hydrogen (secondary N) is 1. The van der Waals surface area contributed by atoms with Crippen molar-refractivity contribution in [1.29, 1.82) is 0 Å². The number of nitrogens with zero attached hydrogens (tertiary/aromatic N) is 3. The van der Waals surface area contributed by atoms with Gasteiger partial charge in [-0.2, -0.15) is 5.10 Å². The Morgan fingerprint density at radius 1 is 1.19 bits per heavy atom. The van der Waals surface area contributed by atoms with Crippen LogP contribution < -0.4 is 5.32 Å². The van der Waals surface area contributed by atoms with Crippen LogP contribution in [0.3, 0.4) is 0 Å². The fourth-order valence-corrected chi connectivity index (χ4v) is 3.13. The molecule has 27 heavy (non-hydrogen) atoms. The Labute approximate surface area is 159 Å². The predicted molar refractivity (Wildman–Crippen MR) is 101 cm³/mol. The lowest BCUT2D eigenvalue weighted by Crippen LogP contribution is -2.04. The average Bonchev–Trinajstić information content (AvgIpc) is 3.44. The summed E-state index contributed by atoms with van der Waals surface area (Å²) in [6.45, 7) is 0.544. The number of aromatic nitrogens is 3. The first-order valence-corrected chi connectivity index (χ1v) is 9.14. The monoisotopic (exact) mass is 380 g/mol. The van der Waals surface area contributed by atoms with E-state index in [1.165, 1.54) is 11.3 Å². The van der Waals surface area contributed by atoms with Gasteiger partial charge < -0.3 is 14.5 Å². The Kier molecular flexibility index (Phi) is 4.97. The number of benzene rings is 1. The molecule has 0 saturated carbocycles. The van der Waals surface area contributed by atoms with Crippen molar-refractivity contribution in [2.24, 2.45) is 0 Å². The highest BCUT2D eigenvalue weighted by atomic mass is 32.1. The molecule has 0 radical (unpaired) electrons. The molecule has 3 aromatic heterocycles. The number of anilines is 2. The topological polar surface area (TPSA) is 82.2 Å². The number of ether oxygens (including phenoxy) is 1. The van der Waals surface area contributed by atoms with Crippen molar-refractivity contribution < 1.29 is 13.9 Å². The first kappa shape index (κ1) is 17.0. The maximum absolute atomic E-state index is 12.2. The SMILES string of the molecule is O=C(OCc1csc(Nc2ccccc2)n1)c1ccc(Cn2cccn2)o1. The second kappa shape index (κ2) is 7.88. The minimum Gasteiger partial charge on any atom is -0.453 e. The van der Waals surface area contributed by atoms with Gasteiger partial charge in [-0.25, -0.2) is 9.78 Å². The Hall–Kier alpha value is -3.39. The number of thiazole rings is 1. The molecule has 0 spiro atoms. The Morgan fingerprint density at radius 2 is 2.07 bits per heavy atom. The molecule has 0 saturated heterocycles. The molecule has 0 aliphatic rings. The summed E-state index contributed by atoms with van der Waals surface area (Å²) in [5.74, 6) is 0.274. The molecule has 1 N–H and O–H groups in total. The van der Waals surface area contributed by atoms with Crippen LogP contribution in [-0.2, 0) is 17.9 Å². The largest absolute Gasteiger partial charge is 0.453 e. The van der Waals surface area contributed by atoms with E-state index in [0.717, 1.165) is 10.8 Å². The number of esters is 1. The van der Waals surface area contributed by atoms with Crippen molar-refractivity contribution in [1.82, 2.24) is 14.8 Å². The fourth-order valence-electron chi connectivity index (χ4n) is 2.41. The van der Waals surface area contributed by atoms with Crippen LogP contribution in [0, 0.1) is 0 Å². The van der Waals surface area contributed by atoms with Gasteiger partial charge in [0.1, 0.15) is 12.4 Å². The van der Waals surface area contributed by atoms with Crippen LogP contribution in [0.15, 0.2) is 70.7 Å². The predicted octanol–water partition coefficient (Wildman–Crippen LogP) is 4.08. The average molecular weight is 380 g/mol. The van der Waals surface area contributed by atoms with E-state index in [4.69, 9.17) is 9.15 Å². The van der Waals surface area contributed by atoms with Crippen LogP contribution in [0.2, 0.25) is 0 Å². The van der Waals surface area contributed by atoms with Gasteiger partial charge in [-0.05, 0) is 30.3 Å². The highest BCUT2D eigenvalue weighted by Gasteiger charge is 2.14. The van der Waals surface area contributed by atoms with Gasteiger partial charge in [0.05, 0.1) is 12.2 Å². The Balaban J connectivity index is 1.31. The van der Waals surface area contributed by atoms with Gasteiger partial charge in [-0.3, -0.25) is 4.68 Å². The highest BCUT2D eigenvalue weighted by molar-refractivity contribution is 7.13. The molecule has 1 aromatic carbocycles. The number of carbonyl (C=O) groups is 1. The van der Waals surface area contributed by atoms with Gasteiger partial charge >= 0.3 is 5.97 Å². The van der Waals surface area contributed by atoms with E-state index >= 15 is 0 Å². The molecule has 7 nitrogen and oxygen atoms in total. The summed E-state index contributed by atoms with van der Waals surface area (Å²) in [4.78, 5) is 16.6. The standard InChI is InChI=1S/C19H16N4O3S/c24-18(17-8-7-16(26-17)11-23-10-4-9-20-23)25-12-15-13-27-19(22-15)21-14-5-2-1-3-6-14/h1-10,13H,11-12H2,(H,21,22). The maximum atomic E-state index is 12.2. The van der Waals surface area contributed by atoms with Gasteiger partial charge in [-0.15, -0.1) is 11.3 Å². The van der Waals surface area contributed by atoms with Gasteiger partial charge in [-0.1, -0.05) is 18.2 Å². The molecule has 0 unspecified atom stereocenters. The zero-order valence-corrected chi connectivity index (χ0v) is 15.1. The maximum Gasteiger partial charge on any atom is 0.374 e. The minimum absolute atomic E-state index is 0.0843. The van der Waals surface area contributed by atoms with E-state index in [1.807, 2.05) is 48.0 Å². The molecule has 0 bridgehead atoms. The summed E-state index contributed by atoms with van der Waals surface area (Å²) in [5, 5.41) is 9.90. The Morgan fingerprint density at radius 3 is 2.89 bits per heavy atom. The summed E-state index contributed by atoms with van der Waals surface area (Å²) < 4.78 is 12.5. The first-order valence-electron chi connectivity index (χ1n) is 8.26. The van der Waals surface area contributed by atoms with Gasteiger partial charge in [0, 0.05) is 23.5 Å². The van der Waals surface area contributed by atoms with Gasteiger partial charge in [0.25, 0.3) is 0 Å². The summed E-state index contributed by atoms with van der Waals surface area (Å²) in [7, 11) is 0. The zero-order chi connectivity index (χ0) is 18.5. The lowest BCUT2D eigenvalue weighted by molar-refractivity contribution is 0.0429. The molecule has 3 heterocycles. The van der Waals surface area contributed by atoms with Gasteiger partial charge in [0.15, 0.2) is 5.13 Å². The fraction of sp³-hybridized carbons (Fsp3) is 0.105. The third-order valence-corrected chi connectivity index (χ3v) is 4.47. The minimum atomic E-state index is -0.521. The van der Waals surface area contributed by atoms with Crippen LogP contribution in [0.25, 0.3) is 0 Å². The summed E-state index contributed by atoms with van der Waals surface area (Å²) >= 11 is 1.45. The van der Waals surface area contributed by atoms with E-state index in [2.05, 4.69) is 15.4 Å². The molecular weight excluding hydrogens is 364 g/mol. The number of furan rings is 1. The molecule has 8 heteroatoms. The summed E-state index contributed by atoms with van der Waals surface area (Å²) in [5.41, 5.74) is 1.63. The molecule has 0 fully saturated rings. The van der Waals surface area contributed by atoms with E-state index in [0.29, 0.717) is 18.0 Å². The molecule has 4 aromatic rings. The summed E-state index contributed by atoms with van der Waals surface area (Å²) in [6, 6.07) is 14.9. The van der Waals surface area contributed by atoms with E-state index in [-0.39, 0.29) is 12.4 Å². The normalized spacial score (nSPS) is 10.7. The van der Waals surface area contributed by atoms with Crippen LogP contribution in [0.4, 0.5) is 10.8 Å². The molecule has 4 rings (SSSR count). The zero-order valence-electron chi connectivity index (χ0n) is 14.2. The van der Waals surface area contributed by atoms with Crippen molar-refractivity contribution in [2.45, 2.75) is 13.2 Å². The van der Waals surface area contributed by atoms with Crippen LogP contribution in [0.5, 0.6) is 0 Å². The number of hydrogen-bond acceptors (Lipinski definition) is 7. The van der Waals surface area contributed by atoms with Crippen LogP contribution in [-0.4, -0.2) is 20.7 Å². The molecular formula is C19H16N4O3S. The first-order chi connectivity index (χ1) is 13.3. The van der Waals surface area contributed by atoms with Crippen molar-refractivity contribution in [3.63, 3.8) is 0 Å². The summed E-state index contributed by atoms with van der Waals surface area (Å²) in [6.07, 6.45) is 3.51. The lowest BCUT2D eigenvalue weighted by Gasteiger charge is -2.02. The number of hydrogen-bond donors (Lipinski definition) is 1. The van der Waals surface area contributed by atoms with Crippen molar-refractivity contribution in [2.75, 3.05) is 5.32 Å². The third kappa shape index (κ3) is 4.42. The molecule has 136 valence electrons. The third-order valence-electron chi connectivity index (χ3n) is 3.67. The lowest BCUT2D eigenvalue weighted by atomic mass is 10.3. The van der Waals surface area contributed by atoms with Crippen molar-refractivity contribution in [3.8, 4) is 0 Å². The Bertz CT molecular complexity index is 1010. The van der Waals surface area contributed by atoms with Crippen LogP contribution >= 0.6 is 11.3 Å². The van der Waals surface area contributed by atoms with Crippen molar-refractivity contribution >= 4 is 28.1 Å². The quantitative estimate of drug-likeness (QED) is 0.487. The molecule has 0 aliphatic carbocycles. The van der Waals surface area contributed by atoms with E-state index in [1.54, 1.807) is 23.0 Å².